The van der Waals surface area contributed by atoms with E-state index in [1.54, 1.807) is 0 Å². The summed E-state index contributed by atoms with van der Waals surface area (Å²) in [5, 5.41) is 7.65. The second-order valence-electron chi connectivity index (χ2n) is 0.960. The first kappa shape index (κ1) is 6.78. The summed E-state index contributed by atoms with van der Waals surface area (Å²) in [5.74, 6) is 0. The highest BCUT2D eigenvalue weighted by Crippen LogP contribution is 1.98. The minimum absolute atomic E-state index is 0.966. The molecule has 44 valence electrons. The van der Waals surface area contributed by atoms with Crippen molar-refractivity contribution in [3.63, 3.8) is 0 Å². The van der Waals surface area contributed by atoms with Crippen molar-refractivity contribution in [1.82, 2.24) is 0 Å². The molecule has 4 heteroatoms. The van der Waals surface area contributed by atoms with Crippen LogP contribution in [0.3, 0.4) is 0 Å². The largest absolute Gasteiger partial charge is 0.360 e. The zero-order valence-corrected chi connectivity index (χ0v) is 3.77. The van der Waals surface area contributed by atoms with E-state index in [9.17, 15) is 8.78 Å². The van der Waals surface area contributed by atoms with Gasteiger partial charge in [-0.05, 0) is 0 Å². The van der Waals surface area contributed by atoms with E-state index in [2.05, 4.69) is 4.74 Å². The lowest BCUT2D eigenvalue weighted by atomic mass is 10.7. The van der Waals surface area contributed by atoms with Crippen molar-refractivity contribution in [2.75, 3.05) is 7.11 Å². The summed E-state index contributed by atoms with van der Waals surface area (Å²) >= 11 is 0. The molecule has 0 aliphatic heterocycles. The molecule has 0 fully saturated rings. The molecular weight excluding hydrogens is 106 g/mol. The van der Waals surface area contributed by atoms with Gasteiger partial charge in [0.25, 0.3) is 12.7 Å². The second-order valence-corrected chi connectivity index (χ2v) is 0.960. The molecule has 0 aromatic carbocycles. The minimum atomic E-state index is -2.52. The van der Waals surface area contributed by atoms with Crippen LogP contribution in [0.2, 0.25) is 0 Å². The summed E-state index contributed by atoms with van der Waals surface area (Å²) in [5.41, 5.74) is 0. The normalized spacial score (nSPS) is 18.9. The Morgan fingerprint density at radius 2 is 2.00 bits per heavy atom. The predicted molar refractivity (Wildman–Crippen MR) is 19.0 cm³/mol. The first-order chi connectivity index (χ1) is 3.18. The molecule has 2 atom stereocenters. The SMILES string of the molecule is COC(F)C(O)F. The molecular formula is C3H6F2O2. The van der Waals surface area contributed by atoms with Gasteiger partial charge in [0.15, 0.2) is 0 Å². The number of aliphatic hydroxyl groups excluding tert-OH is 1. The van der Waals surface area contributed by atoms with Crippen molar-refractivity contribution in [1.29, 1.82) is 0 Å². The average molecular weight is 112 g/mol. The molecule has 0 saturated heterocycles. The number of hydrogen-bond acceptors (Lipinski definition) is 2. The summed E-state index contributed by atoms with van der Waals surface area (Å²) in [6.07, 6.45) is -4.73. The fourth-order valence-corrected chi connectivity index (χ4v) is 0.112. The maximum Gasteiger partial charge on any atom is 0.255 e. The van der Waals surface area contributed by atoms with Crippen molar-refractivity contribution >= 4 is 0 Å². The van der Waals surface area contributed by atoms with E-state index in [0.29, 0.717) is 0 Å². The van der Waals surface area contributed by atoms with E-state index in [1.165, 1.54) is 0 Å². The van der Waals surface area contributed by atoms with E-state index in [0.717, 1.165) is 7.11 Å². The van der Waals surface area contributed by atoms with Gasteiger partial charge in [0.05, 0.1) is 0 Å². The Kier molecular flexibility index (Phi) is 2.78. The molecule has 7 heavy (non-hydrogen) atoms. The molecule has 0 radical (unpaired) electrons. The highest BCUT2D eigenvalue weighted by Gasteiger charge is 2.13. The van der Waals surface area contributed by atoms with Crippen molar-refractivity contribution in [2.45, 2.75) is 12.7 Å². The van der Waals surface area contributed by atoms with Crippen molar-refractivity contribution in [3.05, 3.63) is 0 Å². The van der Waals surface area contributed by atoms with Crippen molar-refractivity contribution in [3.8, 4) is 0 Å². The lowest BCUT2D eigenvalue weighted by Crippen LogP contribution is -2.17. The predicted octanol–water partition coefficient (Wildman–Crippen LogP) is 0.216. The van der Waals surface area contributed by atoms with E-state index >= 15 is 0 Å². The Morgan fingerprint density at radius 3 is 2.00 bits per heavy atom. The fourth-order valence-electron chi connectivity index (χ4n) is 0.112. The molecule has 0 aliphatic rings. The Labute approximate surface area is 39.7 Å². The lowest BCUT2D eigenvalue weighted by molar-refractivity contribution is -0.146. The average Bonchev–Trinajstić information content (AvgIpc) is 1.65. The van der Waals surface area contributed by atoms with Crippen molar-refractivity contribution < 1.29 is 18.6 Å². The molecule has 2 unspecified atom stereocenters. The number of methoxy groups -OCH3 is 1. The van der Waals surface area contributed by atoms with E-state index in [4.69, 9.17) is 5.11 Å². The summed E-state index contributed by atoms with van der Waals surface area (Å²) in [6.45, 7) is 0. The number of hydrogen-bond donors (Lipinski definition) is 1. The van der Waals surface area contributed by atoms with Crippen LogP contribution in [0.5, 0.6) is 0 Å². The van der Waals surface area contributed by atoms with Crippen LogP contribution < -0.4 is 0 Å². The van der Waals surface area contributed by atoms with Gasteiger partial charge in [0, 0.05) is 7.11 Å². The van der Waals surface area contributed by atoms with E-state index < -0.39 is 12.7 Å². The fraction of sp³-hybridized carbons (Fsp3) is 1.00. The molecule has 0 amide bonds. The van der Waals surface area contributed by atoms with E-state index in [1.807, 2.05) is 0 Å². The van der Waals surface area contributed by atoms with Crippen LogP contribution in [0, 0.1) is 0 Å². The van der Waals surface area contributed by atoms with Crippen LogP contribution in [-0.4, -0.2) is 24.9 Å². The standard InChI is InChI=1S/C3H6F2O2/c1-7-3(5)2(4)6/h2-3,6H,1H3. The van der Waals surface area contributed by atoms with Crippen molar-refractivity contribution in [2.24, 2.45) is 0 Å². The van der Waals surface area contributed by atoms with Crippen LogP contribution in [0.25, 0.3) is 0 Å². The Bertz CT molecular complexity index is 48.2. The van der Waals surface area contributed by atoms with Gasteiger partial charge in [-0.1, -0.05) is 0 Å². The number of halogens is 2. The first-order valence-electron chi connectivity index (χ1n) is 1.67. The molecule has 0 rings (SSSR count). The molecule has 0 bridgehead atoms. The zero-order chi connectivity index (χ0) is 5.86. The highest BCUT2D eigenvalue weighted by molar-refractivity contribution is 4.37. The topological polar surface area (TPSA) is 29.5 Å². The third-order valence-corrected chi connectivity index (χ3v) is 0.441. The van der Waals surface area contributed by atoms with Gasteiger partial charge >= 0.3 is 0 Å². The molecule has 2 nitrogen and oxygen atoms in total. The number of rotatable bonds is 2. The molecule has 0 spiro atoms. The van der Waals surface area contributed by atoms with Crippen LogP contribution >= 0.6 is 0 Å². The van der Waals surface area contributed by atoms with Crippen LogP contribution in [-0.2, 0) is 4.74 Å². The molecule has 0 aromatic heterocycles. The van der Waals surface area contributed by atoms with Crippen LogP contribution in [0.1, 0.15) is 0 Å². The highest BCUT2D eigenvalue weighted by atomic mass is 19.2. The summed E-state index contributed by atoms with van der Waals surface area (Å²) in [6, 6.07) is 0. The third kappa shape index (κ3) is 2.47. The molecule has 0 aromatic rings. The Hall–Kier alpha value is -0.220. The molecule has 0 aliphatic carbocycles. The maximum absolute atomic E-state index is 11.4. The van der Waals surface area contributed by atoms with Gasteiger partial charge in [-0.3, -0.25) is 0 Å². The van der Waals surface area contributed by atoms with Gasteiger partial charge in [-0.2, -0.15) is 0 Å². The van der Waals surface area contributed by atoms with Gasteiger partial charge < -0.3 is 9.84 Å². The Balaban J connectivity index is 3.14. The summed E-state index contributed by atoms with van der Waals surface area (Å²) < 4.78 is 26.3. The minimum Gasteiger partial charge on any atom is -0.360 e. The first-order valence-corrected chi connectivity index (χ1v) is 1.67. The zero-order valence-electron chi connectivity index (χ0n) is 3.77. The smallest absolute Gasteiger partial charge is 0.255 e. The number of ether oxygens (including phenoxy) is 1. The van der Waals surface area contributed by atoms with Gasteiger partial charge in [-0.25, -0.2) is 8.78 Å². The van der Waals surface area contributed by atoms with Crippen LogP contribution in [0.15, 0.2) is 0 Å². The third-order valence-electron chi connectivity index (χ3n) is 0.441. The molecule has 0 heterocycles. The number of alkyl halides is 2. The molecule has 1 N–H and O–H groups in total. The van der Waals surface area contributed by atoms with Gasteiger partial charge in [0.1, 0.15) is 0 Å². The quantitative estimate of drug-likeness (QED) is 0.553. The van der Waals surface area contributed by atoms with Crippen LogP contribution in [0.4, 0.5) is 8.78 Å². The second kappa shape index (κ2) is 2.87. The van der Waals surface area contributed by atoms with E-state index in [-0.39, 0.29) is 0 Å². The lowest BCUT2D eigenvalue weighted by Gasteiger charge is -2.02. The monoisotopic (exact) mass is 112 g/mol. The Morgan fingerprint density at radius 1 is 1.57 bits per heavy atom. The van der Waals surface area contributed by atoms with Gasteiger partial charge in [0.2, 0.25) is 0 Å². The number of aliphatic hydroxyl groups is 1. The maximum atomic E-state index is 11.4. The summed E-state index contributed by atoms with van der Waals surface area (Å²) in [4.78, 5) is 0. The van der Waals surface area contributed by atoms with Gasteiger partial charge in [-0.15, -0.1) is 0 Å². The molecule has 0 saturated carbocycles. The summed E-state index contributed by atoms with van der Waals surface area (Å²) in [7, 11) is 0.966.